The first-order valence-corrected chi connectivity index (χ1v) is 12.6. The van der Waals surface area contributed by atoms with E-state index in [1.165, 1.54) is 32.1 Å². The van der Waals surface area contributed by atoms with E-state index in [2.05, 4.69) is 29.8 Å². The third-order valence-corrected chi connectivity index (χ3v) is 4.95. The van der Waals surface area contributed by atoms with Crippen molar-refractivity contribution in [3.8, 4) is 0 Å². The third-order valence-electron chi connectivity index (χ3n) is 4.95. The number of carbonyl (C=O) groups is 4. The van der Waals surface area contributed by atoms with Gasteiger partial charge in [0.15, 0.2) is 0 Å². The number of ether oxygens (including phenoxy) is 2. The Morgan fingerprint density at radius 1 is 1.12 bits per heavy atom. The minimum atomic E-state index is -0.221. The lowest BCUT2D eigenvalue weighted by molar-refractivity contribution is -0.149. The molecule has 0 aromatic carbocycles. The summed E-state index contributed by atoms with van der Waals surface area (Å²) < 4.78 is 9.43. The number of esters is 2. The molecule has 2 atom stereocenters. The van der Waals surface area contributed by atoms with Gasteiger partial charge in [-0.3, -0.25) is 14.6 Å². The molecule has 1 saturated carbocycles. The molecular weight excluding hydrogens is 434 g/mol. The molecule has 0 spiro atoms. The average Bonchev–Trinajstić information content (AvgIpc) is 2.85. The predicted octanol–water partition coefficient (Wildman–Crippen LogP) is 6.16. The molecule has 2 aliphatic rings. The zero-order chi connectivity index (χ0) is 25.3. The highest BCUT2D eigenvalue weighted by Crippen LogP contribution is 2.19. The second-order valence-corrected chi connectivity index (χ2v) is 8.39. The molecule has 0 N–H and O–H groups in total. The number of cyclic esters (lactones) is 1. The monoisotopic (exact) mass is 485 g/mol. The van der Waals surface area contributed by atoms with E-state index in [0.717, 1.165) is 25.4 Å². The maximum Gasteiger partial charge on any atom is 0.305 e. The first-order valence-electron chi connectivity index (χ1n) is 12.6. The van der Waals surface area contributed by atoms with E-state index >= 15 is 0 Å². The second kappa shape index (κ2) is 27.2. The van der Waals surface area contributed by atoms with Crippen molar-refractivity contribution in [3.05, 3.63) is 0 Å². The van der Waals surface area contributed by atoms with Crippen LogP contribution in [-0.4, -0.2) is 50.0 Å². The molecule has 1 heterocycles. The first kappa shape index (κ1) is 36.5. The van der Waals surface area contributed by atoms with Crippen molar-refractivity contribution >= 4 is 30.7 Å². The van der Waals surface area contributed by atoms with Gasteiger partial charge in [-0.2, -0.15) is 0 Å². The molecule has 2 rings (SSSR count). The highest BCUT2D eigenvalue weighted by atomic mass is 16.5. The van der Waals surface area contributed by atoms with Gasteiger partial charge in [-0.25, -0.2) is 0 Å². The summed E-state index contributed by atoms with van der Waals surface area (Å²) in [4.78, 5) is 44.9. The van der Waals surface area contributed by atoms with E-state index in [0.29, 0.717) is 50.9 Å². The van der Waals surface area contributed by atoms with Crippen LogP contribution < -0.4 is 0 Å². The van der Waals surface area contributed by atoms with Gasteiger partial charge in [-0.05, 0) is 51.2 Å². The maximum atomic E-state index is 10.7. The molecule has 0 aromatic rings. The molecule has 7 nitrogen and oxygen atoms in total. The Morgan fingerprint density at radius 3 is 2.15 bits per heavy atom. The summed E-state index contributed by atoms with van der Waals surface area (Å²) in [6, 6.07) is 0.675. The van der Waals surface area contributed by atoms with Crippen LogP contribution in [0.25, 0.3) is 0 Å². The van der Waals surface area contributed by atoms with Gasteiger partial charge in [-0.1, -0.05) is 54.4 Å². The number of rotatable bonds is 8. The molecule has 1 saturated heterocycles. The normalized spacial score (nSPS) is 18.1. The van der Waals surface area contributed by atoms with Gasteiger partial charge in [0.2, 0.25) is 0 Å². The summed E-state index contributed by atoms with van der Waals surface area (Å²) in [7, 11) is 0. The SMILES string of the molecule is C.CC1CCC(=O)OC1.CCC=NC1CCCCC1.CCC=O.CCOC(=O)CCC(C)C=O. The van der Waals surface area contributed by atoms with E-state index in [-0.39, 0.29) is 25.3 Å². The van der Waals surface area contributed by atoms with E-state index < -0.39 is 0 Å². The molecule has 2 unspecified atom stereocenters. The fourth-order valence-electron chi connectivity index (χ4n) is 2.89. The summed E-state index contributed by atoms with van der Waals surface area (Å²) >= 11 is 0. The fourth-order valence-corrected chi connectivity index (χ4v) is 2.89. The topological polar surface area (TPSA) is 99.1 Å². The number of aliphatic imine (C=N–C) groups is 1. The lowest BCUT2D eigenvalue weighted by atomic mass is 9.96. The van der Waals surface area contributed by atoms with Crippen molar-refractivity contribution in [2.45, 2.75) is 119 Å². The molecule has 0 aromatic heterocycles. The molecule has 34 heavy (non-hydrogen) atoms. The number of hydrogen-bond donors (Lipinski definition) is 0. The van der Waals surface area contributed by atoms with E-state index in [1.54, 1.807) is 13.8 Å². The fraction of sp³-hybridized carbons (Fsp3) is 0.815. The zero-order valence-corrected chi connectivity index (χ0v) is 21.6. The Balaban J connectivity index is -0.000000390. The van der Waals surface area contributed by atoms with Gasteiger partial charge in [0.25, 0.3) is 0 Å². The quantitative estimate of drug-likeness (QED) is 0.232. The minimum absolute atomic E-state index is 0. The van der Waals surface area contributed by atoms with Crippen LogP contribution in [0.2, 0.25) is 0 Å². The van der Waals surface area contributed by atoms with Crippen molar-refractivity contribution in [1.29, 1.82) is 0 Å². The van der Waals surface area contributed by atoms with Crippen molar-refractivity contribution in [2.24, 2.45) is 16.8 Å². The van der Waals surface area contributed by atoms with Gasteiger partial charge >= 0.3 is 11.9 Å². The third kappa shape index (κ3) is 26.2. The highest BCUT2D eigenvalue weighted by molar-refractivity contribution is 5.70. The lowest BCUT2D eigenvalue weighted by Gasteiger charge is -2.16. The molecule has 1 aliphatic carbocycles. The van der Waals surface area contributed by atoms with Crippen LogP contribution >= 0.6 is 0 Å². The van der Waals surface area contributed by atoms with Crippen molar-refractivity contribution in [3.63, 3.8) is 0 Å². The Morgan fingerprint density at radius 2 is 1.74 bits per heavy atom. The Kier molecular flexibility index (Phi) is 29.2. The minimum Gasteiger partial charge on any atom is -0.466 e. The summed E-state index contributed by atoms with van der Waals surface area (Å²) in [5.41, 5.74) is 0. The van der Waals surface area contributed by atoms with E-state index in [9.17, 15) is 19.2 Å². The first-order chi connectivity index (χ1) is 15.8. The summed E-state index contributed by atoms with van der Waals surface area (Å²) in [6.45, 7) is 10.6. The number of hydrogen-bond acceptors (Lipinski definition) is 7. The van der Waals surface area contributed by atoms with E-state index in [1.807, 2.05) is 6.92 Å². The standard InChI is InChI=1S/C9H17N.C8H14O3.C6H10O2.C3H6O.CH4/c1-2-8-10-9-6-4-3-5-7-9;1-3-11-8(10)5-4-7(2)6-9;1-5-2-3-6(7)8-4-5;1-2-3-4;/h8-9H,2-7H2,1H3;6-7H,3-5H2,1-2H3;5H,2-4H2,1H3;3H,2H2,1H3;1H4. The number of nitrogens with zero attached hydrogens (tertiary/aromatic N) is 1. The summed E-state index contributed by atoms with van der Waals surface area (Å²) in [5, 5.41) is 0. The Bertz CT molecular complexity index is 519. The molecule has 1 aliphatic heterocycles. The lowest BCUT2D eigenvalue weighted by Crippen LogP contribution is -2.18. The van der Waals surface area contributed by atoms with Crippen LogP contribution in [0.4, 0.5) is 0 Å². The van der Waals surface area contributed by atoms with Crippen LogP contribution in [0.5, 0.6) is 0 Å². The highest BCUT2D eigenvalue weighted by Gasteiger charge is 2.14. The molecule has 200 valence electrons. The second-order valence-electron chi connectivity index (χ2n) is 8.39. The molecular formula is C27H51NO6. The smallest absolute Gasteiger partial charge is 0.305 e. The average molecular weight is 486 g/mol. The maximum absolute atomic E-state index is 10.7. The van der Waals surface area contributed by atoms with Gasteiger partial charge in [-0.15, -0.1) is 0 Å². The van der Waals surface area contributed by atoms with Gasteiger partial charge in [0.05, 0.1) is 13.2 Å². The molecule has 0 bridgehead atoms. The van der Waals surface area contributed by atoms with Crippen molar-refractivity contribution < 1.29 is 28.7 Å². The molecule has 7 heteroatoms. The van der Waals surface area contributed by atoms with Crippen LogP contribution in [0.1, 0.15) is 113 Å². The Labute approximate surface area is 208 Å². The Hall–Kier alpha value is -2.05. The molecule has 0 radical (unpaired) electrons. The summed E-state index contributed by atoms with van der Waals surface area (Å²) in [6.07, 6.45) is 14.9. The van der Waals surface area contributed by atoms with Gasteiger partial charge < -0.3 is 19.1 Å². The number of aldehydes is 2. The summed E-state index contributed by atoms with van der Waals surface area (Å²) in [5.74, 6) is 0.274. The number of carbonyl (C=O) groups excluding carboxylic acids is 4. The molecule has 0 amide bonds. The van der Waals surface area contributed by atoms with Crippen molar-refractivity contribution in [2.75, 3.05) is 13.2 Å². The van der Waals surface area contributed by atoms with Crippen LogP contribution in [0.15, 0.2) is 4.99 Å². The van der Waals surface area contributed by atoms with Crippen LogP contribution in [-0.2, 0) is 28.7 Å². The van der Waals surface area contributed by atoms with E-state index in [4.69, 9.17) is 4.74 Å². The van der Waals surface area contributed by atoms with Crippen LogP contribution in [0, 0.1) is 11.8 Å². The largest absolute Gasteiger partial charge is 0.466 e. The predicted molar refractivity (Wildman–Crippen MR) is 139 cm³/mol. The molecule has 2 fully saturated rings. The van der Waals surface area contributed by atoms with Gasteiger partial charge in [0, 0.05) is 31.2 Å². The zero-order valence-electron chi connectivity index (χ0n) is 21.6. The van der Waals surface area contributed by atoms with Gasteiger partial charge in [0.1, 0.15) is 12.6 Å². The van der Waals surface area contributed by atoms with Crippen molar-refractivity contribution in [1.82, 2.24) is 0 Å². The van der Waals surface area contributed by atoms with Crippen LogP contribution in [0.3, 0.4) is 0 Å².